The summed E-state index contributed by atoms with van der Waals surface area (Å²) in [5, 5.41) is 12.8. The number of carboxylic acids is 1. The predicted molar refractivity (Wildman–Crippen MR) is 58.4 cm³/mol. The van der Waals surface area contributed by atoms with E-state index in [9.17, 15) is 4.79 Å². The summed E-state index contributed by atoms with van der Waals surface area (Å²) in [7, 11) is 0. The Morgan fingerprint density at radius 3 is 2.44 bits per heavy atom. The second kappa shape index (κ2) is 3.81. The van der Waals surface area contributed by atoms with Gasteiger partial charge in [-0.25, -0.2) is 4.79 Å². The van der Waals surface area contributed by atoms with Crippen molar-refractivity contribution in [2.45, 2.75) is 13.8 Å². The first-order valence-electron chi connectivity index (χ1n) is 4.86. The van der Waals surface area contributed by atoms with Gasteiger partial charge in [0.05, 0.1) is 0 Å². The van der Waals surface area contributed by atoms with Crippen LogP contribution in [0.4, 0.5) is 0 Å². The number of rotatable bonds is 2. The van der Waals surface area contributed by atoms with Gasteiger partial charge in [-0.15, -0.1) is 0 Å². The Bertz CT molecular complexity index is 526. The molecule has 0 aliphatic carbocycles. The highest BCUT2D eigenvalue weighted by molar-refractivity contribution is 5.95. The van der Waals surface area contributed by atoms with Crippen molar-refractivity contribution in [3.63, 3.8) is 0 Å². The van der Waals surface area contributed by atoms with E-state index in [0.717, 1.165) is 11.1 Å². The van der Waals surface area contributed by atoms with Gasteiger partial charge in [-0.05, 0) is 13.8 Å². The van der Waals surface area contributed by atoms with E-state index in [-0.39, 0.29) is 5.56 Å². The lowest BCUT2D eigenvalue weighted by Crippen LogP contribution is -1.99. The third kappa shape index (κ3) is 1.69. The van der Waals surface area contributed by atoms with Crippen molar-refractivity contribution >= 4 is 5.97 Å². The SMILES string of the molecule is Cc1ccc(-c2noc(C)c2C(=O)O)cc1. The zero-order chi connectivity index (χ0) is 11.7. The van der Waals surface area contributed by atoms with Gasteiger partial charge in [-0.3, -0.25) is 0 Å². The lowest BCUT2D eigenvalue weighted by molar-refractivity contribution is 0.0696. The van der Waals surface area contributed by atoms with Gasteiger partial charge in [0.25, 0.3) is 0 Å². The molecule has 2 rings (SSSR count). The number of hydrogen-bond acceptors (Lipinski definition) is 3. The molecule has 4 heteroatoms. The standard InChI is InChI=1S/C12H11NO3/c1-7-3-5-9(6-4-7)11-10(12(14)15)8(2)16-13-11/h3-6H,1-2H3,(H,14,15). The molecule has 1 heterocycles. The second-order valence-corrected chi connectivity index (χ2v) is 3.63. The minimum Gasteiger partial charge on any atom is -0.477 e. The van der Waals surface area contributed by atoms with Gasteiger partial charge in [0.15, 0.2) is 0 Å². The monoisotopic (exact) mass is 217 g/mol. The summed E-state index contributed by atoms with van der Waals surface area (Å²) in [4.78, 5) is 11.0. The highest BCUT2D eigenvalue weighted by Gasteiger charge is 2.20. The summed E-state index contributed by atoms with van der Waals surface area (Å²) in [5.74, 6) is -0.697. The molecule has 1 N–H and O–H groups in total. The fourth-order valence-corrected chi connectivity index (χ4v) is 1.53. The minimum absolute atomic E-state index is 0.129. The maximum absolute atomic E-state index is 11.0. The fraction of sp³-hybridized carbons (Fsp3) is 0.167. The molecular formula is C12H11NO3. The molecule has 0 spiro atoms. The zero-order valence-electron chi connectivity index (χ0n) is 9.02. The van der Waals surface area contributed by atoms with Crippen LogP contribution >= 0.6 is 0 Å². The van der Waals surface area contributed by atoms with E-state index in [2.05, 4.69) is 5.16 Å². The van der Waals surface area contributed by atoms with E-state index in [4.69, 9.17) is 9.63 Å². The largest absolute Gasteiger partial charge is 0.477 e. The average molecular weight is 217 g/mol. The number of benzene rings is 1. The van der Waals surface area contributed by atoms with Crippen molar-refractivity contribution in [2.75, 3.05) is 0 Å². The predicted octanol–water partition coefficient (Wildman–Crippen LogP) is 2.66. The minimum atomic E-state index is -1.02. The van der Waals surface area contributed by atoms with Crippen molar-refractivity contribution < 1.29 is 14.4 Å². The Labute approximate surface area is 92.5 Å². The van der Waals surface area contributed by atoms with Gasteiger partial charge < -0.3 is 9.63 Å². The van der Waals surface area contributed by atoms with Crippen LogP contribution in [0, 0.1) is 13.8 Å². The summed E-state index contributed by atoms with van der Waals surface area (Å²) < 4.78 is 4.91. The Kier molecular flexibility index (Phi) is 2.48. The molecule has 4 nitrogen and oxygen atoms in total. The van der Waals surface area contributed by atoms with E-state index >= 15 is 0 Å². The lowest BCUT2D eigenvalue weighted by atomic mass is 10.1. The number of carbonyl (C=O) groups is 1. The molecule has 0 aliphatic heterocycles. The fourth-order valence-electron chi connectivity index (χ4n) is 1.53. The first kappa shape index (κ1) is 10.4. The summed E-state index contributed by atoms with van der Waals surface area (Å²) in [6, 6.07) is 7.48. The molecule has 82 valence electrons. The Hall–Kier alpha value is -2.10. The highest BCUT2D eigenvalue weighted by Crippen LogP contribution is 2.25. The van der Waals surface area contributed by atoms with Crippen molar-refractivity contribution in [3.8, 4) is 11.3 Å². The van der Waals surface area contributed by atoms with Crippen molar-refractivity contribution in [1.82, 2.24) is 5.16 Å². The third-order valence-electron chi connectivity index (χ3n) is 2.40. The Morgan fingerprint density at radius 2 is 1.88 bits per heavy atom. The van der Waals surface area contributed by atoms with Crippen molar-refractivity contribution in [1.29, 1.82) is 0 Å². The molecule has 0 unspecified atom stereocenters. The molecule has 2 aromatic rings. The third-order valence-corrected chi connectivity index (χ3v) is 2.40. The normalized spacial score (nSPS) is 10.4. The number of aromatic nitrogens is 1. The molecule has 0 aliphatic rings. The molecular weight excluding hydrogens is 206 g/mol. The summed E-state index contributed by atoms with van der Waals surface area (Å²) in [5.41, 5.74) is 2.37. The molecule has 0 bridgehead atoms. The van der Waals surface area contributed by atoms with Crippen molar-refractivity contribution in [2.24, 2.45) is 0 Å². The average Bonchev–Trinajstić information content (AvgIpc) is 2.61. The van der Waals surface area contributed by atoms with E-state index in [1.807, 2.05) is 31.2 Å². The smallest absolute Gasteiger partial charge is 0.341 e. The van der Waals surface area contributed by atoms with Gasteiger partial charge in [0.1, 0.15) is 17.0 Å². The summed E-state index contributed by atoms with van der Waals surface area (Å²) in [6.07, 6.45) is 0. The molecule has 0 radical (unpaired) electrons. The van der Waals surface area contributed by atoms with Gasteiger partial charge in [0.2, 0.25) is 0 Å². The van der Waals surface area contributed by atoms with Crippen LogP contribution < -0.4 is 0 Å². The maximum atomic E-state index is 11.0. The van der Waals surface area contributed by atoms with Gasteiger partial charge in [-0.2, -0.15) is 0 Å². The van der Waals surface area contributed by atoms with E-state index in [1.54, 1.807) is 6.92 Å². The molecule has 0 amide bonds. The highest BCUT2D eigenvalue weighted by atomic mass is 16.5. The topological polar surface area (TPSA) is 63.3 Å². The first-order chi connectivity index (χ1) is 7.59. The lowest BCUT2D eigenvalue weighted by Gasteiger charge is -1.98. The quantitative estimate of drug-likeness (QED) is 0.839. The van der Waals surface area contributed by atoms with Gasteiger partial charge >= 0.3 is 5.97 Å². The Morgan fingerprint density at radius 1 is 1.25 bits per heavy atom. The second-order valence-electron chi connectivity index (χ2n) is 3.63. The van der Waals surface area contributed by atoms with Crippen molar-refractivity contribution in [3.05, 3.63) is 41.2 Å². The van der Waals surface area contributed by atoms with E-state index < -0.39 is 5.97 Å². The van der Waals surface area contributed by atoms with E-state index in [1.165, 1.54) is 0 Å². The number of carboxylic acid groups (broad SMARTS) is 1. The van der Waals surface area contributed by atoms with Crippen LogP contribution in [0.3, 0.4) is 0 Å². The van der Waals surface area contributed by atoms with Crippen LogP contribution in [-0.2, 0) is 0 Å². The molecule has 16 heavy (non-hydrogen) atoms. The van der Waals surface area contributed by atoms with Crippen LogP contribution in [0.5, 0.6) is 0 Å². The zero-order valence-corrected chi connectivity index (χ0v) is 9.02. The number of hydrogen-bond donors (Lipinski definition) is 1. The maximum Gasteiger partial charge on any atom is 0.341 e. The first-order valence-corrected chi connectivity index (χ1v) is 4.86. The Balaban J connectivity index is 2.56. The molecule has 1 aromatic heterocycles. The van der Waals surface area contributed by atoms with Crippen LogP contribution in [0.1, 0.15) is 21.7 Å². The number of aromatic carboxylic acids is 1. The molecule has 0 saturated carbocycles. The molecule has 1 aromatic carbocycles. The summed E-state index contributed by atoms with van der Waals surface area (Å²) >= 11 is 0. The van der Waals surface area contributed by atoms with Crippen LogP contribution in [-0.4, -0.2) is 16.2 Å². The number of nitrogens with zero attached hydrogens (tertiary/aromatic N) is 1. The van der Waals surface area contributed by atoms with Gasteiger partial charge in [0, 0.05) is 5.56 Å². The van der Waals surface area contributed by atoms with Crippen LogP contribution in [0.25, 0.3) is 11.3 Å². The van der Waals surface area contributed by atoms with Crippen LogP contribution in [0.15, 0.2) is 28.8 Å². The van der Waals surface area contributed by atoms with E-state index in [0.29, 0.717) is 11.5 Å². The number of aryl methyl sites for hydroxylation is 2. The summed E-state index contributed by atoms with van der Waals surface area (Å²) in [6.45, 7) is 3.56. The van der Waals surface area contributed by atoms with Gasteiger partial charge in [-0.1, -0.05) is 35.0 Å². The van der Waals surface area contributed by atoms with Crippen LogP contribution in [0.2, 0.25) is 0 Å². The molecule has 0 saturated heterocycles. The molecule has 0 atom stereocenters. The molecule has 0 fully saturated rings.